The van der Waals surface area contributed by atoms with E-state index in [2.05, 4.69) is 38.9 Å². The van der Waals surface area contributed by atoms with Gasteiger partial charge in [-0.25, -0.2) is 4.79 Å². The van der Waals surface area contributed by atoms with Crippen LogP contribution in [0.15, 0.2) is 4.99 Å². The molecule has 34 heavy (non-hydrogen) atoms. The third-order valence-corrected chi connectivity index (χ3v) is 5.70. The number of amides is 3. The van der Waals surface area contributed by atoms with Crippen LogP contribution in [0.2, 0.25) is 0 Å². The third kappa shape index (κ3) is 11.0. The number of carboxylic acids is 1. The van der Waals surface area contributed by atoms with Crippen LogP contribution in [0.5, 0.6) is 0 Å². The molecule has 1 rings (SSSR count). The molecule has 13 nitrogen and oxygen atoms in total. The third-order valence-electron chi connectivity index (χ3n) is 5.33. The summed E-state index contributed by atoms with van der Waals surface area (Å²) in [6, 6.07) is -3.49. The average Bonchev–Trinajstić information content (AvgIpc) is 3.33. The van der Waals surface area contributed by atoms with Gasteiger partial charge in [0.15, 0.2) is 5.96 Å². The molecular weight excluding hydrogens is 464 g/mol. The van der Waals surface area contributed by atoms with E-state index >= 15 is 0 Å². The number of hydrogen-bond donors (Lipinski definition) is 9. The number of rotatable bonds is 16. The summed E-state index contributed by atoms with van der Waals surface area (Å²) in [7, 11) is 0. The lowest BCUT2D eigenvalue weighted by Gasteiger charge is -2.24. The molecule has 0 aliphatic carbocycles. The minimum Gasteiger partial charge on any atom is -0.480 e. The second-order valence-electron chi connectivity index (χ2n) is 8.09. The van der Waals surface area contributed by atoms with E-state index in [4.69, 9.17) is 17.2 Å². The van der Waals surface area contributed by atoms with Crippen molar-refractivity contribution in [3.05, 3.63) is 0 Å². The predicted octanol–water partition coefficient (Wildman–Crippen LogP) is -2.61. The fraction of sp³-hybridized carbons (Fsp3) is 0.750. The van der Waals surface area contributed by atoms with E-state index in [1.54, 1.807) is 0 Å². The number of carboxylic acid groups (broad SMARTS) is 1. The Morgan fingerprint density at radius 3 is 2.21 bits per heavy atom. The molecule has 3 amide bonds. The number of guanidine groups is 1. The lowest BCUT2D eigenvalue weighted by Crippen LogP contribution is -2.57. The van der Waals surface area contributed by atoms with Gasteiger partial charge < -0.3 is 43.6 Å². The van der Waals surface area contributed by atoms with Crippen LogP contribution in [0.1, 0.15) is 44.9 Å². The van der Waals surface area contributed by atoms with Crippen LogP contribution in [-0.2, 0) is 19.2 Å². The van der Waals surface area contributed by atoms with Gasteiger partial charge in [-0.15, -0.1) is 0 Å². The molecule has 1 fully saturated rings. The zero-order chi connectivity index (χ0) is 25.5. The highest BCUT2D eigenvalue weighted by Crippen LogP contribution is 2.07. The summed E-state index contributed by atoms with van der Waals surface area (Å²) in [4.78, 5) is 53.4. The number of nitrogens with zero attached hydrogens (tertiary/aromatic N) is 1. The van der Waals surface area contributed by atoms with Gasteiger partial charge in [0.1, 0.15) is 18.1 Å². The summed E-state index contributed by atoms with van der Waals surface area (Å²) < 4.78 is 0. The monoisotopic (exact) mass is 502 g/mol. The number of nitrogens with two attached hydrogens (primary N) is 3. The van der Waals surface area contributed by atoms with Crippen molar-refractivity contribution in [2.45, 2.75) is 69.1 Å². The summed E-state index contributed by atoms with van der Waals surface area (Å²) in [6.45, 7) is 1.36. The molecule has 1 heterocycles. The smallest absolute Gasteiger partial charge is 0.326 e. The van der Waals surface area contributed by atoms with E-state index in [0.717, 1.165) is 13.0 Å². The Bertz CT molecular complexity index is 713. The molecule has 0 aromatic rings. The first-order valence-corrected chi connectivity index (χ1v) is 12.1. The molecule has 0 aromatic heterocycles. The molecule has 4 atom stereocenters. The maximum Gasteiger partial charge on any atom is 0.326 e. The van der Waals surface area contributed by atoms with Gasteiger partial charge in [0.25, 0.3) is 0 Å². The molecule has 1 saturated heterocycles. The highest BCUT2D eigenvalue weighted by atomic mass is 32.1. The first-order chi connectivity index (χ1) is 16.2. The molecule has 1 aliphatic heterocycles. The van der Waals surface area contributed by atoms with E-state index in [-0.39, 0.29) is 43.0 Å². The van der Waals surface area contributed by atoms with Crippen molar-refractivity contribution < 1.29 is 24.3 Å². The maximum atomic E-state index is 12.9. The van der Waals surface area contributed by atoms with Crippen molar-refractivity contribution in [1.82, 2.24) is 21.3 Å². The van der Waals surface area contributed by atoms with Crippen LogP contribution in [0.4, 0.5) is 0 Å². The Balaban J connectivity index is 2.78. The van der Waals surface area contributed by atoms with Gasteiger partial charge in [0, 0.05) is 12.3 Å². The SMILES string of the molecule is NCCCCC(NC(=O)C(CS)NC(=O)C1CCCN1)C(=O)NC(CCCN=C(N)N)C(=O)O. The van der Waals surface area contributed by atoms with Crippen LogP contribution < -0.4 is 38.5 Å². The van der Waals surface area contributed by atoms with Gasteiger partial charge in [-0.2, -0.15) is 12.6 Å². The van der Waals surface area contributed by atoms with Crippen molar-refractivity contribution in [3.8, 4) is 0 Å². The summed E-state index contributed by atoms with van der Waals surface area (Å²) in [5.41, 5.74) is 16.0. The maximum absolute atomic E-state index is 12.9. The minimum absolute atomic E-state index is 0.0317. The molecule has 1 aliphatic rings. The first-order valence-electron chi connectivity index (χ1n) is 11.4. The topological polar surface area (TPSA) is 227 Å². The number of hydrogen-bond acceptors (Lipinski definition) is 8. The van der Waals surface area contributed by atoms with E-state index in [9.17, 15) is 24.3 Å². The van der Waals surface area contributed by atoms with Gasteiger partial charge in [0.05, 0.1) is 6.04 Å². The zero-order valence-electron chi connectivity index (χ0n) is 19.3. The van der Waals surface area contributed by atoms with Gasteiger partial charge in [-0.05, 0) is 58.0 Å². The summed E-state index contributed by atoms with van der Waals surface area (Å²) in [5.74, 6) is -2.80. The minimum atomic E-state index is -1.21. The lowest BCUT2D eigenvalue weighted by atomic mass is 10.1. The molecule has 0 aromatic carbocycles. The van der Waals surface area contributed by atoms with Gasteiger partial charge in [-0.1, -0.05) is 0 Å². The summed E-state index contributed by atoms with van der Waals surface area (Å²) in [5, 5.41) is 20.3. The normalized spacial score (nSPS) is 17.8. The Kier molecular flexibility index (Phi) is 14.0. The van der Waals surface area contributed by atoms with Crippen molar-refractivity contribution in [1.29, 1.82) is 0 Å². The Labute approximate surface area is 204 Å². The number of aliphatic imine (C=N–C) groups is 1. The van der Waals surface area contributed by atoms with Crippen LogP contribution in [0, 0.1) is 0 Å². The number of aliphatic carboxylic acids is 1. The number of thiol groups is 1. The van der Waals surface area contributed by atoms with Gasteiger partial charge in [0.2, 0.25) is 17.7 Å². The highest BCUT2D eigenvalue weighted by Gasteiger charge is 2.30. The van der Waals surface area contributed by atoms with Crippen LogP contribution in [0.3, 0.4) is 0 Å². The lowest BCUT2D eigenvalue weighted by molar-refractivity contribution is -0.142. The number of carbonyl (C=O) groups excluding carboxylic acids is 3. The predicted molar refractivity (Wildman–Crippen MR) is 131 cm³/mol. The fourth-order valence-corrected chi connectivity index (χ4v) is 3.70. The van der Waals surface area contributed by atoms with E-state index < -0.39 is 35.9 Å². The molecule has 4 unspecified atom stereocenters. The first kappa shape index (κ1) is 29.5. The van der Waals surface area contributed by atoms with E-state index in [1.807, 2.05) is 0 Å². The molecule has 194 valence electrons. The number of unbranched alkanes of at least 4 members (excludes halogenated alkanes) is 1. The molecule has 14 heteroatoms. The highest BCUT2D eigenvalue weighted by molar-refractivity contribution is 7.80. The number of carbonyl (C=O) groups is 4. The summed E-state index contributed by atoms with van der Waals surface area (Å²) in [6.07, 6.45) is 3.41. The molecule has 0 saturated carbocycles. The second kappa shape index (κ2) is 16.1. The number of nitrogens with one attached hydrogen (secondary N) is 4. The average molecular weight is 503 g/mol. The molecular formula is C20H38N8O5S. The van der Waals surface area contributed by atoms with Gasteiger partial charge >= 0.3 is 5.97 Å². The Hall–Kier alpha value is -2.58. The fourth-order valence-electron chi connectivity index (χ4n) is 3.44. The van der Waals surface area contributed by atoms with Crippen molar-refractivity contribution in [2.24, 2.45) is 22.2 Å². The molecule has 11 N–H and O–H groups in total. The van der Waals surface area contributed by atoms with Gasteiger partial charge in [-0.3, -0.25) is 19.4 Å². The largest absolute Gasteiger partial charge is 0.480 e. The molecule has 0 radical (unpaired) electrons. The summed E-state index contributed by atoms with van der Waals surface area (Å²) >= 11 is 4.16. The quantitative estimate of drug-likeness (QED) is 0.0465. The Morgan fingerprint density at radius 2 is 1.65 bits per heavy atom. The van der Waals surface area contributed by atoms with Crippen LogP contribution >= 0.6 is 12.6 Å². The molecule has 0 bridgehead atoms. The Morgan fingerprint density at radius 1 is 1.00 bits per heavy atom. The van der Waals surface area contributed by atoms with E-state index in [0.29, 0.717) is 32.2 Å². The zero-order valence-corrected chi connectivity index (χ0v) is 20.2. The van der Waals surface area contributed by atoms with E-state index in [1.165, 1.54) is 0 Å². The molecule has 0 spiro atoms. The van der Waals surface area contributed by atoms with Crippen LogP contribution in [0.25, 0.3) is 0 Å². The second-order valence-corrected chi connectivity index (χ2v) is 8.45. The van der Waals surface area contributed by atoms with Crippen molar-refractivity contribution >= 4 is 42.3 Å². The van der Waals surface area contributed by atoms with Crippen molar-refractivity contribution in [2.75, 3.05) is 25.4 Å². The van der Waals surface area contributed by atoms with Crippen LogP contribution in [-0.4, -0.2) is 84.3 Å². The van der Waals surface area contributed by atoms with Crippen molar-refractivity contribution in [3.63, 3.8) is 0 Å². The standard InChI is InChI=1S/C20H38N8O5S/c21-8-2-1-5-13(17(30)27-14(19(32)33)7-4-10-25-20(22)23)26-18(31)15(11-34)28-16(29)12-6-3-9-24-12/h12-15,24,34H,1-11,21H2,(H,26,31)(H,27,30)(H,28,29)(H,32,33)(H4,22,23,25).